The highest BCUT2D eigenvalue weighted by molar-refractivity contribution is 6.90. The minimum atomic E-state index is -4.87. The minimum absolute atomic E-state index is 0.182. The van der Waals surface area contributed by atoms with E-state index in [9.17, 15) is 13.2 Å². The van der Waals surface area contributed by atoms with Crippen molar-refractivity contribution in [2.75, 3.05) is 14.2 Å². The fourth-order valence-electron chi connectivity index (χ4n) is 6.06. The lowest BCUT2D eigenvalue weighted by atomic mass is 10.0. The highest BCUT2D eigenvalue weighted by Gasteiger charge is 2.42. The van der Waals surface area contributed by atoms with Crippen LogP contribution < -0.4 is 14.2 Å². The second-order valence-electron chi connectivity index (χ2n) is 11.4. The number of fused-ring (bicyclic) bond motifs is 1. The maximum absolute atomic E-state index is 13.0. The summed E-state index contributed by atoms with van der Waals surface area (Å²) in [5, 5.41) is -0.182. The normalized spacial score (nSPS) is 12.2. The molecule has 0 saturated heterocycles. The van der Waals surface area contributed by atoms with Gasteiger partial charge in [0, 0.05) is 11.6 Å². The number of hydrogen-bond donors (Lipinski definition) is 0. The molecule has 4 rings (SSSR count). The van der Waals surface area contributed by atoms with Crippen LogP contribution in [0.1, 0.15) is 47.4 Å². The summed E-state index contributed by atoms with van der Waals surface area (Å²) in [7, 11) is 1.05. The molecule has 0 unspecified atom stereocenters. The number of imidazole rings is 1. The maximum Gasteiger partial charge on any atom is 0.573 e. The van der Waals surface area contributed by atoms with Crippen molar-refractivity contribution < 1.29 is 27.4 Å². The Morgan fingerprint density at radius 1 is 0.837 bits per heavy atom. The molecule has 0 saturated carbocycles. The first kappa shape index (κ1) is 32.3. The lowest BCUT2D eigenvalue weighted by Gasteiger charge is -2.38. The van der Waals surface area contributed by atoms with E-state index < -0.39 is 20.2 Å². The van der Waals surface area contributed by atoms with Crippen LogP contribution in [0.15, 0.2) is 54.6 Å². The quantitative estimate of drug-likeness (QED) is 0.144. The number of hydrogen-bond acceptors (Lipinski definition) is 4. The van der Waals surface area contributed by atoms with E-state index in [2.05, 4.69) is 57.7 Å². The Hall–Kier alpha value is -3.61. The third-order valence-corrected chi connectivity index (χ3v) is 14.6. The van der Waals surface area contributed by atoms with Crippen LogP contribution in [-0.4, -0.2) is 38.2 Å². The van der Waals surface area contributed by atoms with Crippen LogP contribution in [0.3, 0.4) is 0 Å². The number of nitrogens with zero attached hydrogens (tertiary/aromatic N) is 2. The van der Waals surface area contributed by atoms with Gasteiger partial charge in [0.15, 0.2) is 5.82 Å². The van der Waals surface area contributed by atoms with E-state index in [0.29, 0.717) is 50.7 Å². The van der Waals surface area contributed by atoms with Gasteiger partial charge in [-0.05, 0) is 70.6 Å². The molecule has 43 heavy (non-hydrogen) atoms. The van der Waals surface area contributed by atoms with E-state index >= 15 is 0 Å². The summed E-state index contributed by atoms with van der Waals surface area (Å²) < 4.78 is 55.8. The van der Waals surface area contributed by atoms with Crippen LogP contribution in [0.2, 0.25) is 21.6 Å². The molecule has 228 valence electrons. The van der Waals surface area contributed by atoms with Crippen molar-refractivity contribution in [1.82, 2.24) is 9.55 Å². The third kappa shape index (κ3) is 6.51. The first-order valence-electron chi connectivity index (χ1n) is 14.1. The summed E-state index contributed by atoms with van der Waals surface area (Å²) in [6.45, 7) is 13.4. The van der Waals surface area contributed by atoms with Gasteiger partial charge in [-0.3, -0.25) is 4.57 Å². The topological polar surface area (TPSA) is 45.5 Å². The molecule has 0 aliphatic heterocycles. The molecule has 0 radical (unpaired) electrons. The summed E-state index contributed by atoms with van der Waals surface area (Å²) in [6.07, 6.45) is -4.87. The summed E-state index contributed by atoms with van der Waals surface area (Å²) in [4.78, 5) is 4.89. The number of alkyl halides is 3. The Kier molecular flexibility index (Phi) is 9.43. The number of benzene rings is 3. The van der Waals surface area contributed by atoms with Crippen molar-refractivity contribution in [3.8, 4) is 45.5 Å². The van der Waals surface area contributed by atoms with Crippen molar-refractivity contribution in [2.24, 2.45) is 0 Å². The molecule has 0 N–H and O–H groups in total. The fraction of sp³-hybridized carbons (Fsp3) is 0.364. The fourth-order valence-corrected chi connectivity index (χ4v) is 11.5. The van der Waals surface area contributed by atoms with E-state index in [4.69, 9.17) is 26.1 Å². The van der Waals surface area contributed by atoms with Crippen molar-refractivity contribution in [3.63, 3.8) is 0 Å². The lowest BCUT2D eigenvalue weighted by Crippen LogP contribution is -2.43. The van der Waals surface area contributed by atoms with Gasteiger partial charge in [-0.2, -0.15) is 0 Å². The van der Waals surface area contributed by atoms with Gasteiger partial charge < -0.3 is 14.2 Å². The Balaban J connectivity index is 1.99. The average molecular weight is 629 g/mol. The second kappa shape index (κ2) is 12.5. The molecule has 0 bridgehead atoms. The number of halogens is 4. The molecule has 4 aromatic rings. The highest BCUT2D eigenvalue weighted by Crippen LogP contribution is 2.41. The molecule has 5 nitrogen and oxygen atoms in total. The summed E-state index contributed by atoms with van der Waals surface area (Å²) in [6, 6.07) is 15.6. The largest absolute Gasteiger partial charge is 0.573 e. The van der Waals surface area contributed by atoms with Crippen LogP contribution >= 0.6 is 11.6 Å². The van der Waals surface area contributed by atoms with Crippen molar-refractivity contribution in [3.05, 3.63) is 65.4 Å². The Morgan fingerprint density at radius 3 is 2.07 bits per heavy atom. The van der Waals surface area contributed by atoms with E-state index in [1.165, 1.54) is 18.2 Å². The third-order valence-electron chi connectivity index (χ3n) is 8.03. The van der Waals surface area contributed by atoms with Crippen LogP contribution in [0.25, 0.3) is 27.8 Å². The summed E-state index contributed by atoms with van der Waals surface area (Å²) >= 11 is 6.31. The molecule has 1 heterocycles. The van der Waals surface area contributed by atoms with Gasteiger partial charge >= 0.3 is 6.36 Å². The van der Waals surface area contributed by atoms with Gasteiger partial charge in [0.2, 0.25) is 0 Å². The smallest absolute Gasteiger partial charge is 0.497 e. The van der Waals surface area contributed by atoms with E-state index in [0.717, 1.165) is 11.1 Å². The zero-order chi connectivity index (χ0) is 31.7. The number of aromatic nitrogens is 2. The van der Waals surface area contributed by atoms with Crippen LogP contribution in [0, 0.1) is 11.5 Å². The van der Waals surface area contributed by atoms with Gasteiger partial charge in [0.05, 0.1) is 36.0 Å². The zero-order valence-electron chi connectivity index (χ0n) is 25.6. The minimum Gasteiger partial charge on any atom is -0.497 e. The zero-order valence-corrected chi connectivity index (χ0v) is 27.3. The predicted octanol–water partition coefficient (Wildman–Crippen LogP) is 9.83. The molecule has 0 aliphatic rings. The first-order valence-corrected chi connectivity index (χ1v) is 16.7. The van der Waals surface area contributed by atoms with Gasteiger partial charge in [-0.15, -0.1) is 18.7 Å². The number of ether oxygens (including phenoxy) is 3. The first-order chi connectivity index (χ1) is 20.2. The number of rotatable bonds is 8. The molecular formula is C33H36ClF3N2O3Si. The van der Waals surface area contributed by atoms with E-state index in [1.54, 1.807) is 20.3 Å². The van der Waals surface area contributed by atoms with Gasteiger partial charge in [-0.25, -0.2) is 4.98 Å². The molecule has 0 spiro atoms. The van der Waals surface area contributed by atoms with E-state index in [1.807, 2.05) is 34.9 Å². The molecule has 3 aromatic carbocycles. The lowest BCUT2D eigenvalue weighted by molar-refractivity contribution is -0.274. The second-order valence-corrected chi connectivity index (χ2v) is 17.3. The molecule has 0 atom stereocenters. The average Bonchev–Trinajstić information content (AvgIpc) is 3.30. The molecule has 0 amide bonds. The number of methoxy groups -OCH3 is 2. The van der Waals surface area contributed by atoms with E-state index in [-0.39, 0.29) is 5.02 Å². The Labute approximate surface area is 256 Å². The summed E-state index contributed by atoms with van der Waals surface area (Å²) in [5.74, 6) is 4.71. The maximum atomic E-state index is 13.0. The van der Waals surface area contributed by atoms with Crippen molar-refractivity contribution in [1.29, 1.82) is 0 Å². The standard InChI is InChI=1S/C33H36ClF3N2O3Si/c1-20(2)43(21(3)4,22(5)6)16-15-32-38-28-13-9-23(26-12-11-25(40-7)19-31(26)41-8)17-29(28)39(32)24-10-14-30(27(34)18-24)42-33(35,36)37/h9-14,17-22H,1-8H3. The molecule has 10 heteroatoms. The van der Waals surface area contributed by atoms with Gasteiger partial charge in [-0.1, -0.05) is 59.2 Å². The van der Waals surface area contributed by atoms with Crippen molar-refractivity contribution in [2.45, 2.75) is 64.5 Å². The molecular weight excluding hydrogens is 593 g/mol. The molecule has 1 aromatic heterocycles. The Bertz CT molecular complexity index is 1660. The van der Waals surface area contributed by atoms with Gasteiger partial charge in [0.1, 0.15) is 25.3 Å². The summed E-state index contributed by atoms with van der Waals surface area (Å²) in [5.41, 5.74) is 8.52. The Morgan fingerprint density at radius 2 is 1.51 bits per heavy atom. The monoisotopic (exact) mass is 628 g/mol. The van der Waals surface area contributed by atoms with Crippen LogP contribution in [0.5, 0.6) is 17.2 Å². The predicted molar refractivity (Wildman–Crippen MR) is 169 cm³/mol. The molecule has 0 fully saturated rings. The SMILES string of the molecule is COc1ccc(-c2ccc3nc(C#C[Si](C(C)C)(C(C)C)C(C)C)n(-c4ccc(OC(F)(F)F)c(Cl)c4)c3c2)c(OC)c1. The van der Waals surface area contributed by atoms with Crippen molar-refractivity contribution >= 4 is 30.7 Å². The van der Waals surface area contributed by atoms with Crippen LogP contribution in [-0.2, 0) is 0 Å². The van der Waals surface area contributed by atoms with Gasteiger partial charge in [0.25, 0.3) is 0 Å². The highest BCUT2D eigenvalue weighted by atomic mass is 35.5. The van der Waals surface area contributed by atoms with Crippen LogP contribution in [0.4, 0.5) is 13.2 Å². The molecule has 0 aliphatic carbocycles.